The van der Waals surface area contributed by atoms with Crippen molar-refractivity contribution >= 4 is 27.5 Å². The van der Waals surface area contributed by atoms with E-state index < -0.39 is 10.0 Å². The van der Waals surface area contributed by atoms with Gasteiger partial charge in [-0.05, 0) is 25.0 Å². The molecule has 1 aromatic rings. The smallest absolute Gasteiger partial charge is 0.251 e. The molecule has 0 fully saturated rings. The van der Waals surface area contributed by atoms with Gasteiger partial charge in [-0.2, -0.15) is 0 Å². The number of aryl methyl sites for hydroxylation is 1. The average molecular weight is 306 g/mol. The number of amides is 1. The zero-order chi connectivity index (χ0) is 14.5. The summed E-state index contributed by atoms with van der Waals surface area (Å²) in [6, 6.07) is 3.12. The molecule has 1 rings (SSSR count). The molecule has 0 spiro atoms. The first-order chi connectivity index (χ1) is 8.81. The molecule has 6 nitrogen and oxygen atoms in total. The highest BCUT2D eigenvalue weighted by molar-refractivity contribution is 7.89. The van der Waals surface area contributed by atoms with Crippen molar-refractivity contribution in [3.63, 3.8) is 0 Å². The molecule has 0 saturated heterocycles. The zero-order valence-corrected chi connectivity index (χ0v) is 12.1. The van der Waals surface area contributed by atoms with Crippen molar-refractivity contribution < 1.29 is 13.2 Å². The molecule has 8 heteroatoms. The first-order valence-electron chi connectivity index (χ1n) is 5.77. The Bertz CT molecular complexity index is 560. The number of hydrogen-bond donors (Lipinski definition) is 2. The van der Waals surface area contributed by atoms with Gasteiger partial charge in [0.15, 0.2) is 0 Å². The number of nitrogens with zero attached hydrogens (tertiary/aromatic N) is 1. The molecule has 1 amide bonds. The third-order valence-electron chi connectivity index (χ3n) is 2.36. The van der Waals surface area contributed by atoms with Gasteiger partial charge in [-0.3, -0.25) is 4.79 Å². The fourth-order valence-electron chi connectivity index (χ4n) is 1.44. The highest BCUT2D eigenvalue weighted by Crippen LogP contribution is 2.11. The second kappa shape index (κ2) is 6.83. The van der Waals surface area contributed by atoms with Gasteiger partial charge in [-0.1, -0.05) is 18.5 Å². The molecule has 0 saturated carbocycles. The summed E-state index contributed by atoms with van der Waals surface area (Å²) in [4.78, 5) is 15.9. The van der Waals surface area contributed by atoms with Crippen LogP contribution < -0.4 is 10.5 Å². The van der Waals surface area contributed by atoms with Gasteiger partial charge in [0, 0.05) is 17.8 Å². The van der Waals surface area contributed by atoms with Crippen LogP contribution in [0.15, 0.2) is 12.1 Å². The predicted molar refractivity (Wildman–Crippen MR) is 73.5 cm³/mol. The van der Waals surface area contributed by atoms with Crippen molar-refractivity contribution in [2.75, 3.05) is 12.3 Å². The van der Waals surface area contributed by atoms with Crippen LogP contribution in [-0.4, -0.2) is 31.6 Å². The lowest BCUT2D eigenvalue weighted by molar-refractivity contribution is 0.0953. The Morgan fingerprint density at radius 1 is 1.47 bits per heavy atom. The summed E-state index contributed by atoms with van der Waals surface area (Å²) in [6.07, 6.45) is 0.941. The molecule has 0 aliphatic carbocycles. The Kier molecular flexibility index (Phi) is 5.71. The van der Waals surface area contributed by atoms with E-state index in [1.807, 2.05) is 6.92 Å². The van der Waals surface area contributed by atoms with Gasteiger partial charge in [0.25, 0.3) is 5.91 Å². The van der Waals surface area contributed by atoms with Crippen LogP contribution in [-0.2, 0) is 16.4 Å². The van der Waals surface area contributed by atoms with Gasteiger partial charge in [-0.15, -0.1) is 0 Å². The van der Waals surface area contributed by atoms with Crippen LogP contribution in [0.25, 0.3) is 0 Å². The van der Waals surface area contributed by atoms with Crippen LogP contribution in [0.4, 0.5) is 0 Å². The molecule has 1 heterocycles. The van der Waals surface area contributed by atoms with Gasteiger partial charge in [0.1, 0.15) is 5.15 Å². The first kappa shape index (κ1) is 15.9. The lowest BCUT2D eigenvalue weighted by atomic mass is 10.2. The van der Waals surface area contributed by atoms with Crippen LogP contribution in [0.2, 0.25) is 5.15 Å². The molecule has 0 aliphatic rings. The Labute approximate surface area is 117 Å². The number of nitrogens with one attached hydrogen (secondary N) is 1. The number of aromatic nitrogens is 1. The van der Waals surface area contributed by atoms with Crippen molar-refractivity contribution in [1.82, 2.24) is 10.3 Å². The number of sulfonamides is 1. The third-order valence-corrected chi connectivity index (χ3v) is 3.41. The maximum Gasteiger partial charge on any atom is 0.251 e. The normalized spacial score (nSPS) is 11.3. The molecule has 0 unspecified atom stereocenters. The van der Waals surface area contributed by atoms with E-state index in [0.717, 1.165) is 5.69 Å². The lowest BCUT2D eigenvalue weighted by Gasteiger charge is -2.06. The second-order valence-corrected chi connectivity index (χ2v) is 6.12. The molecule has 3 N–H and O–H groups in total. The van der Waals surface area contributed by atoms with E-state index in [1.54, 1.807) is 6.07 Å². The number of nitrogens with two attached hydrogens (primary N) is 1. The summed E-state index contributed by atoms with van der Waals surface area (Å²) in [6.45, 7) is 2.14. The van der Waals surface area contributed by atoms with E-state index >= 15 is 0 Å². The number of hydrogen-bond acceptors (Lipinski definition) is 4. The van der Waals surface area contributed by atoms with Crippen LogP contribution in [0.3, 0.4) is 0 Å². The van der Waals surface area contributed by atoms with Crippen LogP contribution in [0.5, 0.6) is 0 Å². The highest BCUT2D eigenvalue weighted by Gasteiger charge is 2.09. The van der Waals surface area contributed by atoms with E-state index in [0.29, 0.717) is 12.0 Å². The molecule has 0 atom stereocenters. The maximum atomic E-state index is 11.8. The van der Waals surface area contributed by atoms with Crippen molar-refractivity contribution in [1.29, 1.82) is 0 Å². The van der Waals surface area contributed by atoms with Crippen molar-refractivity contribution in [3.05, 3.63) is 28.5 Å². The minimum Gasteiger partial charge on any atom is -0.352 e. The minimum atomic E-state index is -3.49. The minimum absolute atomic E-state index is 0.162. The van der Waals surface area contributed by atoms with Crippen LogP contribution >= 0.6 is 11.6 Å². The predicted octanol–water partition coefficient (Wildman–Crippen LogP) is 0.706. The fraction of sp³-hybridized carbons (Fsp3) is 0.455. The van der Waals surface area contributed by atoms with Crippen LogP contribution in [0.1, 0.15) is 29.4 Å². The quantitative estimate of drug-likeness (QED) is 0.596. The third kappa shape index (κ3) is 6.00. The number of pyridine rings is 1. The fourth-order valence-corrected chi connectivity index (χ4v) is 2.21. The van der Waals surface area contributed by atoms with Gasteiger partial charge < -0.3 is 5.32 Å². The van der Waals surface area contributed by atoms with Gasteiger partial charge >= 0.3 is 0 Å². The topological polar surface area (TPSA) is 102 Å². The van der Waals surface area contributed by atoms with E-state index in [4.69, 9.17) is 16.7 Å². The van der Waals surface area contributed by atoms with E-state index in [1.165, 1.54) is 6.07 Å². The second-order valence-electron chi connectivity index (χ2n) is 4.00. The lowest BCUT2D eigenvalue weighted by Crippen LogP contribution is -2.27. The summed E-state index contributed by atoms with van der Waals surface area (Å²) in [5, 5.41) is 7.72. The van der Waals surface area contributed by atoms with Crippen LogP contribution in [0, 0.1) is 0 Å². The molecule has 1 aromatic heterocycles. The van der Waals surface area contributed by atoms with Gasteiger partial charge in [0.2, 0.25) is 10.0 Å². The number of rotatable bonds is 6. The highest BCUT2D eigenvalue weighted by atomic mass is 35.5. The molecule has 19 heavy (non-hydrogen) atoms. The number of primary sulfonamides is 1. The standard InChI is InChI=1S/C11H16ClN3O3S/c1-2-9-6-8(7-10(12)15-9)11(16)14-4-3-5-19(13,17)18/h6-7H,2-5H2,1H3,(H,14,16)(H2,13,17,18). The van der Waals surface area contributed by atoms with Crippen molar-refractivity contribution in [2.45, 2.75) is 19.8 Å². The Hall–Kier alpha value is -1.18. The summed E-state index contributed by atoms with van der Waals surface area (Å²) < 4.78 is 21.4. The average Bonchev–Trinajstić information content (AvgIpc) is 2.32. The summed E-state index contributed by atoms with van der Waals surface area (Å²) in [5.74, 6) is -0.474. The number of halogens is 1. The number of carbonyl (C=O) groups excluding carboxylic acids is 1. The Morgan fingerprint density at radius 2 is 2.16 bits per heavy atom. The van der Waals surface area contributed by atoms with E-state index in [9.17, 15) is 13.2 Å². The van der Waals surface area contributed by atoms with Gasteiger partial charge in [0.05, 0.1) is 5.75 Å². The van der Waals surface area contributed by atoms with E-state index in [-0.39, 0.29) is 29.8 Å². The monoisotopic (exact) mass is 305 g/mol. The van der Waals surface area contributed by atoms with E-state index in [2.05, 4.69) is 10.3 Å². The molecule has 0 aliphatic heterocycles. The molecule has 0 bridgehead atoms. The zero-order valence-electron chi connectivity index (χ0n) is 10.5. The molecule has 0 aromatic carbocycles. The Balaban J connectivity index is 2.56. The maximum absolute atomic E-state index is 11.8. The van der Waals surface area contributed by atoms with Gasteiger partial charge in [-0.25, -0.2) is 18.5 Å². The summed E-state index contributed by atoms with van der Waals surface area (Å²) in [5.41, 5.74) is 1.13. The largest absolute Gasteiger partial charge is 0.352 e. The SMILES string of the molecule is CCc1cc(C(=O)NCCCS(N)(=O)=O)cc(Cl)n1. The number of carbonyl (C=O) groups is 1. The molecule has 106 valence electrons. The molecular weight excluding hydrogens is 290 g/mol. The first-order valence-corrected chi connectivity index (χ1v) is 7.86. The van der Waals surface area contributed by atoms with Crippen molar-refractivity contribution in [3.8, 4) is 0 Å². The Morgan fingerprint density at radius 3 is 2.74 bits per heavy atom. The van der Waals surface area contributed by atoms with Crippen molar-refractivity contribution in [2.24, 2.45) is 5.14 Å². The molecule has 0 radical (unpaired) electrons. The molecular formula is C11H16ClN3O3S. The summed E-state index contributed by atoms with van der Waals surface area (Å²) in [7, 11) is -3.49. The summed E-state index contributed by atoms with van der Waals surface area (Å²) >= 11 is 5.81.